The quantitative estimate of drug-likeness (QED) is 0.759. The third kappa shape index (κ3) is 4.05. The van der Waals surface area contributed by atoms with Gasteiger partial charge in [-0.15, -0.1) is 0 Å². The molecule has 8 nitrogen and oxygen atoms in total. The molecule has 0 aliphatic carbocycles. The van der Waals surface area contributed by atoms with Gasteiger partial charge in [0, 0.05) is 45.6 Å². The molecule has 3 fully saturated rings. The van der Waals surface area contributed by atoms with E-state index in [0.717, 1.165) is 19.3 Å². The summed E-state index contributed by atoms with van der Waals surface area (Å²) in [6, 6.07) is 0.0596. The molecule has 3 saturated heterocycles. The van der Waals surface area contributed by atoms with Gasteiger partial charge in [-0.2, -0.15) is 0 Å². The lowest BCUT2D eigenvalue weighted by atomic mass is 9.72. The molecule has 29 heavy (non-hydrogen) atoms. The molecule has 4 rings (SSSR count). The molecule has 4 atom stereocenters. The van der Waals surface area contributed by atoms with Gasteiger partial charge in [0.25, 0.3) is 0 Å². The minimum atomic E-state index is -0.423. The predicted octanol–water partition coefficient (Wildman–Crippen LogP) is 0.974. The zero-order chi connectivity index (χ0) is 20.4. The molecule has 0 saturated carbocycles. The number of amides is 2. The van der Waals surface area contributed by atoms with Gasteiger partial charge in [0.2, 0.25) is 11.8 Å². The van der Waals surface area contributed by atoms with Crippen LogP contribution in [0.25, 0.3) is 0 Å². The molecule has 9 heteroatoms. The highest BCUT2D eigenvalue weighted by Gasteiger charge is 2.49. The van der Waals surface area contributed by atoms with Gasteiger partial charge in [-0.3, -0.25) is 9.59 Å². The van der Waals surface area contributed by atoms with Gasteiger partial charge in [-0.05, 0) is 31.1 Å². The van der Waals surface area contributed by atoms with Crippen molar-refractivity contribution in [2.45, 2.75) is 44.2 Å². The number of hydrogen-bond acceptors (Lipinski definition) is 6. The van der Waals surface area contributed by atoms with Crippen LogP contribution in [0, 0.1) is 17.7 Å². The Bertz CT molecular complexity index is 763. The van der Waals surface area contributed by atoms with Gasteiger partial charge in [0.05, 0.1) is 18.8 Å². The van der Waals surface area contributed by atoms with Gasteiger partial charge >= 0.3 is 0 Å². The molecule has 2 bridgehead atoms. The number of aromatic nitrogens is 2. The Kier molecular flexibility index (Phi) is 5.94. The molecule has 3 aliphatic rings. The van der Waals surface area contributed by atoms with Crippen molar-refractivity contribution in [3.05, 3.63) is 18.3 Å². The lowest BCUT2D eigenvalue weighted by Crippen LogP contribution is -2.67. The van der Waals surface area contributed by atoms with Crippen molar-refractivity contribution in [3.63, 3.8) is 0 Å². The first-order valence-corrected chi connectivity index (χ1v) is 10.4. The summed E-state index contributed by atoms with van der Waals surface area (Å²) < 4.78 is 19.3. The van der Waals surface area contributed by atoms with E-state index in [0.29, 0.717) is 44.9 Å². The monoisotopic (exact) mass is 405 g/mol. The Morgan fingerprint density at radius 1 is 1.38 bits per heavy atom. The number of carbonyl (C=O) groups is 2. The Hall–Kier alpha value is -2.29. The molecule has 0 aromatic carbocycles. The second-order valence-electron chi connectivity index (χ2n) is 8.23. The number of nitrogens with zero attached hydrogens (tertiary/aromatic N) is 4. The van der Waals surface area contributed by atoms with E-state index in [9.17, 15) is 14.0 Å². The summed E-state index contributed by atoms with van der Waals surface area (Å²) in [5.41, 5.74) is 0. The molecule has 3 aliphatic heterocycles. The van der Waals surface area contributed by atoms with E-state index >= 15 is 0 Å². The molecule has 1 aromatic rings. The first-order valence-electron chi connectivity index (χ1n) is 10.4. The third-order valence-electron chi connectivity index (χ3n) is 6.49. The minimum Gasteiger partial charge on any atom is -0.384 e. The summed E-state index contributed by atoms with van der Waals surface area (Å²) in [6.07, 6.45) is 6.24. The van der Waals surface area contributed by atoms with Crippen LogP contribution in [0.5, 0.6) is 0 Å². The van der Waals surface area contributed by atoms with Gasteiger partial charge in [0.1, 0.15) is 6.33 Å². The fourth-order valence-corrected chi connectivity index (χ4v) is 5.25. The summed E-state index contributed by atoms with van der Waals surface area (Å²) in [4.78, 5) is 36.8. The van der Waals surface area contributed by atoms with Crippen molar-refractivity contribution < 1.29 is 18.7 Å². The van der Waals surface area contributed by atoms with Crippen LogP contribution in [0.1, 0.15) is 32.1 Å². The summed E-state index contributed by atoms with van der Waals surface area (Å²) in [7, 11) is 1.56. The maximum absolute atomic E-state index is 14.3. The van der Waals surface area contributed by atoms with E-state index in [1.807, 2.05) is 9.80 Å². The Balaban J connectivity index is 1.55. The number of hydrogen-bond donors (Lipinski definition) is 1. The second kappa shape index (κ2) is 8.61. The summed E-state index contributed by atoms with van der Waals surface area (Å²) in [5, 5.41) is 2.98. The number of methoxy groups -OCH3 is 1. The number of piperidine rings is 3. The van der Waals surface area contributed by atoms with Crippen LogP contribution in [-0.4, -0.2) is 72.1 Å². The van der Waals surface area contributed by atoms with Gasteiger partial charge in [0.15, 0.2) is 11.6 Å². The van der Waals surface area contributed by atoms with E-state index in [2.05, 4.69) is 15.3 Å². The average molecular weight is 405 g/mol. The lowest BCUT2D eigenvalue weighted by molar-refractivity contribution is -0.149. The molecular formula is C20H28FN5O3. The predicted molar refractivity (Wildman–Crippen MR) is 104 cm³/mol. The van der Waals surface area contributed by atoms with Gasteiger partial charge < -0.3 is 19.9 Å². The number of ether oxygens (including phenoxy) is 1. The fraction of sp³-hybridized carbons (Fsp3) is 0.700. The Morgan fingerprint density at radius 2 is 2.21 bits per heavy atom. The van der Waals surface area contributed by atoms with Crippen LogP contribution in [0.4, 0.5) is 10.2 Å². The number of halogens is 1. The van der Waals surface area contributed by atoms with Crippen LogP contribution in [-0.2, 0) is 14.3 Å². The molecular weight excluding hydrogens is 377 g/mol. The minimum absolute atomic E-state index is 0.0792. The molecule has 0 unspecified atom stereocenters. The Morgan fingerprint density at radius 3 is 3.00 bits per heavy atom. The zero-order valence-electron chi connectivity index (χ0n) is 16.7. The standard InChI is InChI=1S/C20H28FN5O3/c1-29-6-5-18(27)23-9-17-14-7-13(16-3-2-4-19(28)26(16)17)10-25(11-14)20-15(21)8-22-12-24-20/h8,12-14,16-17H,2-7,9-11H2,1H3,(H,23,27)/t13-,14+,16+,17+/m1/s1. The topological polar surface area (TPSA) is 87.7 Å². The largest absolute Gasteiger partial charge is 0.384 e. The van der Waals surface area contributed by atoms with Crippen molar-refractivity contribution in [1.29, 1.82) is 0 Å². The molecule has 1 N–H and O–H groups in total. The first kappa shape index (κ1) is 20.0. The SMILES string of the molecule is COCCC(=O)NC[C@H]1[C@H]2C[C@H](CN(c3ncncc3F)C2)[C@@H]2CCCC(=O)N21. The van der Waals surface area contributed by atoms with E-state index in [-0.39, 0.29) is 35.7 Å². The molecule has 0 radical (unpaired) electrons. The van der Waals surface area contributed by atoms with Crippen LogP contribution in [0.3, 0.4) is 0 Å². The first-order chi connectivity index (χ1) is 14.1. The average Bonchev–Trinajstić information content (AvgIpc) is 2.72. The summed E-state index contributed by atoms with van der Waals surface area (Å²) in [6.45, 7) is 2.08. The van der Waals surface area contributed by atoms with Crippen LogP contribution >= 0.6 is 0 Å². The van der Waals surface area contributed by atoms with E-state index < -0.39 is 5.82 Å². The normalized spacial score (nSPS) is 28.8. The van der Waals surface area contributed by atoms with Gasteiger partial charge in [-0.1, -0.05) is 0 Å². The highest BCUT2D eigenvalue weighted by Crippen LogP contribution is 2.42. The highest BCUT2D eigenvalue weighted by molar-refractivity contribution is 5.79. The number of anilines is 1. The van der Waals surface area contributed by atoms with Crippen LogP contribution < -0.4 is 10.2 Å². The van der Waals surface area contributed by atoms with Crippen molar-refractivity contribution in [3.8, 4) is 0 Å². The number of carbonyl (C=O) groups excluding carboxylic acids is 2. The summed E-state index contributed by atoms with van der Waals surface area (Å²) in [5.74, 6) is 0.442. The van der Waals surface area contributed by atoms with Crippen molar-refractivity contribution in [1.82, 2.24) is 20.2 Å². The third-order valence-corrected chi connectivity index (χ3v) is 6.49. The molecule has 0 spiro atoms. The maximum Gasteiger partial charge on any atom is 0.223 e. The molecule has 4 heterocycles. The molecule has 1 aromatic heterocycles. The van der Waals surface area contributed by atoms with Crippen LogP contribution in [0.15, 0.2) is 12.5 Å². The number of fused-ring (bicyclic) bond motifs is 4. The van der Waals surface area contributed by atoms with E-state index in [1.165, 1.54) is 12.5 Å². The van der Waals surface area contributed by atoms with E-state index in [1.54, 1.807) is 7.11 Å². The van der Waals surface area contributed by atoms with Crippen molar-refractivity contribution in [2.75, 3.05) is 38.3 Å². The second-order valence-corrected chi connectivity index (χ2v) is 8.23. The van der Waals surface area contributed by atoms with Crippen molar-refractivity contribution in [2.24, 2.45) is 11.8 Å². The maximum atomic E-state index is 14.3. The zero-order valence-corrected chi connectivity index (χ0v) is 16.7. The number of rotatable bonds is 6. The smallest absolute Gasteiger partial charge is 0.223 e. The molecule has 2 amide bonds. The highest BCUT2D eigenvalue weighted by atomic mass is 19.1. The van der Waals surface area contributed by atoms with Crippen molar-refractivity contribution >= 4 is 17.6 Å². The lowest BCUT2D eigenvalue weighted by Gasteiger charge is -2.56. The fourth-order valence-electron chi connectivity index (χ4n) is 5.25. The van der Waals surface area contributed by atoms with Crippen LogP contribution in [0.2, 0.25) is 0 Å². The molecule has 158 valence electrons. The summed E-state index contributed by atoms with van der Waals surface area (Å²) >= 11 is 0. The number of nitrogens with one attached hydrogen (secondary N) is 1. The Labute approximate surface area is 169 Å². The van der Waals surface area contributed by atoms with Gasteiger partial charge in [-0.25, -0.2) is 14.4 Å². The van der Waals surface area contributed by atoms with E-state index in [4.69, 9.17) is 4.74 Å².